The van der Waals surface area contributed by atoms with Gasteiger partial charge in [-0.25, -0.2) is 0 Å². The second kappa shape index (κ2) is 7.55. The maximum absolute atomic E-state index is 12.6. The molecule has 0 saturated heterocycles. The molecular formula is C21H17N3O2S. The quantitative estimate of drug-likeness (QED) is 0.506. The fourth-order valence-corrected chi connectivity index (χ4v) is 3.40. The van der Waals surface area contributed by atoms with Crippen molar-refractivity contribution < 1.29 is 9.21 Å². The Labute approximate surface area is 160 Å². The summed E-state index contributed by atoms with van der Waals surface area (Å²) >= 11 is 1.63. The molecule has 0 aliphatic heterocycles. The van der Waals surface area contributed by atoms with Crippen LogP contribution in [0.5, 0.6) is 0 Å². The van der Waals surface area contributed by atoms with Gasteiger partial charge in [0.05, 0.1) is 0 Å². The Morgan fingerprint density at radius 3 is 2.26 bits per heavy atom. The van der Waals surface area contributed by atoms with Crippen LogP contribution in [0.3, 0.4) is 0 Å². The predicted molar refractivity (Wildman–Crippen MR) is 105 cm³/mol. The number of rotatable bonds is 5. The molecule has 0 aliphatic carbocycles. The molecule has 0 unspecified atom stereocenters. The zero-order valence-electron chi connectivity index (χ0n) is 14.7. The van der Waals surface area contributed by atoms with E-state index in [4.69, 9.17) is 4.42 Å². The molecule has 0 aliphatic rings. The first-order valence-electron chi connectivity index (χ1n) is 8.46. The van der Waals surface area contributed by atoms with E-state index in [1.54, 1.807) is 35.4 Å². The predicted octanol–water partition coefficient (Wildman–Crippen LogP) is 4.74. The Morgan fingerprint density at radius 2 is 1.63 bits per heavy atom. The van der Waals surface area contributed by atoms with E-state index >= 15 is 0 Å². The summed E-state index contributed by atoms with van der Waals surface area (Å²) in [6.07, 6.45) is 0. The standard InChI is InChI=1S/C21H17N3O2S/c1-24(13-15-11-12-27-14-15)21(25)18-9-7-17(8-10-18)20-23-22-19(26-20)16-5-3-2-4-6-16/h2-12,14H,13H2,1H3. The van der Waals surface area contributed by atoms with Crippen LogP contribution in [0.2, 0.25) is 0 Å². The van der Waals surface area contributed by atoms with Gasteiger partial charge < -0.3 is 9.32 Å². The molecule has 0 N–H and O–H groups in total. The molecular weight excluding hydrogens is 358 g/mol. The van der Waals surface area contributed by atoms with E-state index < -0.39 is 0 Å². The Kier molecular flexibility index (Phi) is 4.80. The van der Waals surface area contributed by atoms with Crippen LogP contribution in [0.25, 0.3) is 22.9 Å². The fourth-order valence-electron chi connectivity index (χ4n) is 2.74. The summed E-state index contributed by atoms with van der Waals surface area (Å²) in [4.78, 5) is 14.3. The van der Waals surface area contributed by atoms with E-state index in [2.05, 4.69) is 10.2 Å². The molecule has 4 aromatic rings. The molecule has 4 rings (SSSR count). The van der Waals surface area contributed by atoms with Gasteiger partial charge in [0.2, 0.25) is 11.8 Å². The maximum Gasteiger partial charge on any atom is 0.253 e. The van der Waals surface area contributed by atoms with Gasteiger partial charge in [-0.15, -0.1) is 10.2 Å². The van der Waals surface area contributed by atoms with Crippen LogP contribution < -0.4 is 0 Å². The minimum absolute atomic E-state index is 0.0248. The van der Waals surface area contributed by atoms with Crippen LogP contribution >= 0.6 is 11.3 Å². The lowest BCUT2D eigenvalue weighted by Gasteiger charge is -2.16. The van der Waals surface area contributed by atoms with Gasteiger partial charge in [0.1, 0.15) is 0 Å². The van der Waals surface area contributed by atoms with E-state index in [-0.39, 0.29) is 5.91 Å². The second-order valence-corrected chi connectivity index (χ2v) is 6.93. The van der Waals surface area contributed by atoms with Crippen molar-refractivity contribution in [2.24, 2.45) is 0 Å². The third kappa shape index (κ3) is 3.80. The average Bonchev–Trinajstić information content (AvgIpc) is 3.40. The van der Waals surface area contributed by atoms with Gasteiger partial charge in [-0.05, 0) is 58.8 Å². The monoisotopic (exact) mass is 375 g/mol. The largest absolute Gasteiger partial charge is 0.416 e. The lowest BCUT2D eigenvalue weighted by Crippen LogP contribution is -2.25. The van der Waals surface area contributed by atoms with Crippen molar-refractivity contribution in [1.82, 2.24) is 15.1 Å². The lowest BCUT2D eigenvalue weighted by atomic mass is 10.1. The van der Waals surface area contributed by atoms with Gasteiger partial charge in [-0.3, -0.25) is 4.79 Å². The summed E-state index contributed by atoms with van der Waals surface area (Å²) in [5, 5.41) is 12.3. The number of hydrogen-bond acceptors (Lipinski definition) is 5. The van der Waals surface area contributed by atoms with Crippen molar-refractivity contribution in [3.05, 3.63) is 82.6 Å². The van der Waals surface area contributed by atoms with Crippen molar-refractivity contribution >= 4 is 17.2 Å². The number of nitrogens with zero attached hydrogens (tertiary/aromatic N) is 3. The Bertz CT molecular complexity index is 1030. The molecule has 2 aromatic heterocycles. The molecule has 0 saturated carbocycles. The van der Waals surface area contributed by atoms with Gasteiger partial charge >= 0.3 is 0 Å². The fraction of sp³-hybridized carbons (Fsp3) is 0.0952. The first-order valence-corrected chi connectivity index (χ1v) is 9.41. The summed E-state index contributed by atoms with van der Waals surface area (Å²) in [6, 6.07) is 18.9. The van der Waals surface area contributed by atoms with Crippen molar-refractivity contribution in [2.75, 3.05) is 7.05 Å². The topological polar surface area (TPSA) is 59.2 Å². The third-order valence-corrected chi connectivity index (χ3v) is 4.90. The summed E-state index contributed by atoms with van der Waals surface area (Å²) in [6.45, 7) is 0.591. The van der Waals surface area contributed by atoms with Crippen LogP contribution in [-0.4, -0.2) is 28.1 Å². The highest BCUT2D eigenvalue weighted by Crippen LogP contribution is 2.24. The third-order valence-electron chi connectivity index (χ3n) is 4.17. The van der Waals surface area contributed by atoms with Gasteiger partial charge in [0.15, 0.2) is 0 Å². The molecule has 1 amide bonds. The molecule has 0 atom stereocenters. The first-order chi connectivity index (χ1) is 13.2. The second-order valence-electron chi connectivity index (χ2n) is 6.15. The van der Waals surface area contributed by atoms with E-state index in [1.807, 2.05) is 59.3 Å². The molecule has 0 spiro atoms. The van der Waals surface area contributed by atoms with Crippen LogP contribution in [0.15, 0.2) is 75.8 Å². The Hall–Kier alpha value is -3.25. The van der Waals surface area contributed by atoms with Crippen molar-refractivity contribution in [3.8, 4) is 22.9 Å². The smallest absolute Gasteiger partial charge is 0.253 e. The van der Waals surface area contributed by atoms with Gasteiger partial charge in [0, 0.05) is 30.3 Å². The molecule has 2 heterocycles. The van der Waals surface area contributed by atoms with E-state index in [9.17, 15) is 4.79 Å². The molecule has 0 radical (unpaired) electrons. The van der Waals surface area contributed by atoms with E-state index in [0.29, 0.717) is 23.9 Å². The first kappa shape index (κ1) is 17.2. The minimum atomic E-state index is -0.0248. The maximum atomic E-state index is 12.6. The molecule has 27 heavy (non-hydrogen) atoms. The Balaban J connectivity index is 1.49. The summed E-state index contributed by atoms with van der Waals surface area (Å²) in [7, 11) is 1.80. The lowest BCUT2D eigenvalue weighted by molar-refractivity contribution is 0.0785. The SMILES string of the molecule is CN(Cc1ccsc1)C(=O)c1ccc(-c2nnc(-c3ccccc3)o2)cc1. The van der Waals surface area contributed by atoms with Crippen LogP contribution in [0, 0.1) is 0 Å². The zero-order valence-corrected chi connectivity index (χ0v) is 15.5. The summed E-state index contributed by atoms with van der Waals surface area (Å²) in [5.41, 5.74) is 3.41. The highest BCUT2D eigenvalue weighted by molar-refractivity contribution is 7.07. The number of benzene rings is 2. The number of carbonyl (C=O) groups excluding carboxylic acids is 1. The van der Waals surface area contributed by atoms with E-state index in [1.165, 1.54) is 0 Å². The zero-order chi connectivity index (χ0) is 18.6. The summed E-state index contributed by atoms with van der Waals surface area (Å²) in [5.74, 6) is 0.879. The van der Waals surface area contributed by atoms with Crippen LogP contribution in [0.1, 0.15) is 15.9 Å². The molecule has 134 valence electrons. The highest BCUT2D eigenvalue weighted by atomic mass is 32.1. The number of aromatic nitrogens is 2. The number of carbonyl (C=O) groups is 1. The number of amides is 1. The molecule has 5 nitrogen and oxygen atoms in total. The van der Waals surface area contributed by atoms with Crippen LogP contribution in [-0.2, 0) is 6.54 Å². The number of thiophene rings is 1. The molecule has 2 aromatic carbocycles. The average molecular weight is 375 g/mol. The number of hydrogen-bond donors (Lipinski definition) is 0. The summed E-state index contributed by atoms with van der Waals surface area (Å²) < 4.78 is 5.76. The van der Waals surface area contributed by atoms with Gasteiger partial charge in [-0.1, -0.05) is 18.2 Å². The van der Waals surface area contributed by atoms with Crippen molar-refractivity contribution in [1.29, 1.82) is 0 Å². The van der Waals surface area contributed by atoms with E-state index in [0.717, 1.165) is 16.7 Å². The molecule has 6 heteroatoms. The van der Waals surface area contributed by atoms with Crippen molar-refractivity contribution in [3.63, 3.8) is 0 Å². The van der Waals surface area contributed by atoms with Crippen molar-refractivity contribution in [2.45, 2.75) is 6.54 Å². The van der Waals surface area contributed by atoms with Gasteiger partial charge in [-0.2, -0.15) is 11.3 Å². The normalized spacial score (nSPS) is 10.7. The molecule has 0 bridgehead atoms. The highest BCUT2D eigenvalue weighted by Gasteiger charge is 2.14. The van der Waals surface area contributed by atoms with Crippen LogP contribution in [0.4, 0.5) is 0 Å². The Morgan fingerprint density at radius 1 is 0.963 bits per heavy atom. The van der Waals surface area contributed by atoms with Gasteiger partial charge in [0.25, 0.3) is 5.91 Å². The molecule has 0 fully saturated rings. The minimum Gasteiger partial charge on any atom is -0.416 e.